The Labute approximate surface area is 294 Å². The molecule has 4 heterocycles. The van der Waals surface area contributed by atoms with Gasteiger partial charge in [0.2, 0.25) is 0 Å². The number of piperidine rings is 1. The van der Waals surface area contributed by atoms with E-state index in [1.54, 1.807) is 29.1 Å². The van der Waals surface area contributed by atoms with Crippen molar-refractivity contribution in [3.8, 4) is 5.69 Å². The van der Waals surface area contributed by atoms with Crippen molar-refractivity contribution >= 4 is 5.52 Å². The van der Waals surface area contributed by atoms with E-state index in [4.69, 9.17) is 14.2 Å². The summed E-state index contributed by atoms with van der Waals surface area (Å²) in [7, 11) is 3.73. The zero-order chi connectivity index (χ0) is 35.8. The summed E-state index contributed by atoms with van der Waals surface area (Å²) in [4.78, 5) is 15.7. The zero-order valence-electron chi connectivity index (χ0n) is 28.9. The largest absolute Gasteiger partial charge is 0.418 e. The molecule has 5 aromatic rings. The summed E-state index contributed by atoms with van der Waals surface area (Å²) in [6.07, 6.45) is 1.79. The number of nitrogens with zero attached hydrogens (tertiary/aromatic N) is 6. The van der Waals surface area contributed by atoms with Crippen LogP contribution in [-0.4, -0.2) is 81.2 Å². The van der Waals surface area contributed by atoms with Gasteiger partial charge in [0, 0.05) is 52.0 Å². The van der Waals surface area contributed by atoms with Crippen LogP contribution in [0.2, 0.25) is 0 Å². The second kappa shape index (κ2) is 16.8. The lowest BCUT2D eigenvalue weighted by atomic mass is 10.1. The minimum atomic E-state index is -4.64. The van der Waals surface area contributed by atoms with Gasteiger partial charge in [-0.25, -0.2) is 4.79 Å². The number of aryl methyl sites for hydroxylation is 1. The molecular formula is C37H44F3N7O4. The van der Waals surface area contributed by atoms with Crippen LogP contribution in [0.1, 0.15) is 46.5 Å². The molecule has 0 unspecified atom stereocenters. The summed E-state index contributed by atoms with van der Waals surface area (Å²) in [6, 6.07) is 16.5. The number of hydrogen-bond acceptors (Lipinski definition) is 8. The zero-order valence-corrected chi connectivity index (χ0v) is 28.9. The standard InChI is InChI=1S/C37H44F3N7O4/c1-41-12-15-49-24-27-6-8-28(9-7-27)25-50-16-17-51-32-10-13-45(14-11-32)21-30-19-33(37(38,39)40)34-23-46(36(48)47(34)22-30)31-5-3-4-29(18-31)20-35-43-42-26-44(35)2/h3-9,18-19,22-23,26,32,41H,10-17,20-21,24-25H2,1-2H3. The minimum absolute atomic E-state index is 0.0568. The van der Waals surface area contributed by atoms with Gasteiger partial charge >= 0.3 is 11.9 Å². The number of alkyl halides is 3. The fourth-order valence-corrected chi connectivity index (χ4v) is 6.26. The fraction of sp³-hybridized carbons (Fsp3) is 0.432. The molecule has 1 aliphatic heterocycles. The summed E-state index contributed by atoms with van der Waals surface area (Å²) in [5.41, 5.74) is 2.36. The Balaban J connectivity index is 1.01. The Morgan fingerprint density at radius 2 is 1.63 bits per heavy atom. The third-order valence-electron chi connectivity index (χ3n) is 9.06. The SMILES string of the molecule is CNCCOCc1ccc(COCCOC2CCN(Cc3cc(C(F)(F)F)c4cn(-c5cccc(Cc6nncn6C)c5)c(=O)n4c3)CC2)cc1. The molecule has 0 radical (unpaired) electrons. The molecule has 1 saturated heterocycles. The summed E-state index contributed by atoms with van der Waals surface area (Å²) < 4.78 is 64.7. The number of rotatable bonds is 16. The summed E-state index contributed by atoms with van der Waals surface area (Å²) >= 11 is 0. The van der Waals surface area contributed by atoms with Crippen molar-refractivity contribution < 1.29 is 27.4 Å². The monoisotopic (exact) mass is 707 g/mol. The molecule has 3 aromatic heterocycles. The van der Waals surface area contributed by atoms with Gasteiger partial charge in [-0.2, -0.15) is 13.2 Å². The quantitative estimate of drug-likeness (QED) is 0.147. The Morgan fingerprint density at radius 1 is 0.902 bits per heavy atom. The average Bonchev–Trinajstić information content (AvgIpc) is 3.68. The van der Waals surface area contributed by atoms with Crippen molar-refractivity contribution in [3.05, 3.63) is 117 Å². The number of ether oxygens (including phenoxy) is 3. The highest BCUT2D eigenvalue weighted by atomic mass is 19.4. The van der Waals surface area contributed by atoms with Crippen molar-refractivity contribution in [3.63, 3.8) is 0 Å². The number of aromatic nitrogens is 5. The number of pyridine rings is 1. The van der Waals surface area contributed by atoms with Crippen molar-refractivity contribution in [2.75, 3.05) is 46.5 Å². The van der Waals surface area contributed by atoms with E-state index in [1.807, 2.05) is 44.4 Å². The molecule has 6 rings (SSSR count). The van der Waals surface area contributed by atoms with E-state index in [0.717, 1.165) is 52.4 Å². The summed E-state index contributed by atoms with van der Waals surface area (Å²) in [6.45, 7) is 5.13. The molecule has 0 spiro atoms. The van der Waals surface area contributed by atoms with Crippen LogP contribution >= 0.6 is 0 Å². The number of imidazole rings is 1. The lowest BCUT2D eigenvalue weighted by Crippen LogP contribution is -2.37. The topological polar surface area (TPSA) is 100 Å². The van der Waals surface area contributed by atoms with Gasteiger partial charge in [0.15, 0.2) is 0 Å². The third-order valence-corrected chi connectivity index (χ3v) is 9.06. The van der Waals surface area contributed by atoms with Crippen molar-refractivity contribution in [2.45, 2.75) is 51.3 Å². The van der Waals surface area contributed by atoms with Crippen molar-refractivity contribution in [1.29, 1.82) is 0 Å². The van der Waals surface area contributed by atoms with Gasteiger partial charge in [0.1, 0.15) is 12.2 Å². The molecule has 0 saturated carbocycles. The minimum Gasteiger partial charge on any atom is -0.376 e. The Hall–Kier alpha value is -4.34. The second-order valence-corrected chi connectivity index (χ2v) is 12.9. The van der Waals surface area contributed by atoms with Crippen LogP contribution in [0.4, 0.5) is 13.2 Å². The van der Waals surface area contributed by atoms with Gasteiger partial charge in [0.05, 0.1) is 55.9 Å². The molecule has 14 heteroatoms. The molecule has 1 fully saturated rings. The van der Waals surface area contributed by atoms with Crippen molar-refractivity contribution in [1.82, 2.24) is 33.9 Å². The van der Waals surface area contributed by atoms with Crippen LogP contribution in [0, 0.1) is 0 Å². The van der Waals surface area contributed by atoms with E-state index < -0.39 is 17.4 Å². The number of nitrogens with one attached hydrogen (secondary N) is 1. The number of likely N-dealkylation sites (tertiary alicyclic amines) is 1. The maximum absolute atomic E-state index is 14.3. The Bertz CT molecular complexity index is 1930. The van der Waals surface area contributed by atoms with Crippen LogP contribution < -0.4 is 11.0 Å². The second-order valence-electron chi connectivity index (χ2n) is 12.9. The van der Waals surface area contributed by atoms with Crippen LogP contribution in [0.15, 0.2) is 78.1 Å². The van der Waals surface area contributed by atoms with E-state index in [0.29, 0.717) is 70.3 Å². The van der Waals surface area contributed by atoms with E-state index >= 15 is 0 Å². The highest BCUT2D eigenvalue weighted by Gasteiger charge is 2.35. The van der Waals surface area contributed by atoms with Crippen LogP contribution in [0.3, 0.4) is 0 Å². The van der Waals surface area contributed by atoms with Gasteiger partial charge in [0.25, 0.3) is 0 Å². The highest BCUT2D eigenvalue weighted by molar-refractivity contribution is 5.58. The van der Waals surface area contributed by atoms with Gasteiger partial charge in [-0.3, -0.25) is 13.9 Å². The molecule has 0 amide bonds. The molecule has 0 bridgehead atoms. The Morgan fingerprint density at radius 3 is 2.29 bits per heavy atom. The molecule has 1 aliphatic rings. The molecule has 0 aliphatic carbocycles. The maximum atomic E-state index is 14.3. The van der Waals surface area contributed by atoms with E-state index in [1.165, 1.54) is 17.0 Å². The number of benzene rings is 2. The highest BCUT2D eigenvalue weighted by Crippen LogP contribution is 2.34. The number of fused-ring (bicyclic) bond motifs is 1. The lowest BCUT2D eigenvalue weighted by Gasteiger charge is -2.32. The molecule has 11 nitrogen and oxygen atoms in total. The first-order valence-corrected chi connectivity index (χ1v) is 17.2. The van der Waals surface area contributed by atoms with E-state index in [9.17, 15) is 18.0 Å². The van der Waals surface area contributed by atoms with E-state index in [2.05, 4.69) is 20.4 Å². The molecule has 1 N–H and O–H groups in total. The van der Waals surface area contributed by atoms with Gasteiger partial charge in [-0.15, -0.1) is 10.2 Å². The molecule has 2 aromatic carbocycles. The van der Waals surface area contributed by atoms with Crippen LogP contribution in [0.5, 0.6) is 0 Å². The van der Waals surface area contributed by atoms with Gasteiger partial charge < -0.3 is 24.1 Å². The maximum Gasteiger partial charge on any atom is 0.418 e. The average molecular weight is 708 g/mol. The van der Waals surface area contributed by atoms with Crippen LogP contribution in [0.25, 0.3) is 11.2 Å². The predicted octanol–water partition coefficient (Wildman–Crippen LogP) is 4.76. The first-order valence-electron chi connectivity index (χ1n) is 17.2. The molecular weight excluding hydrogens is 663 g/mol. The molecule has 0 atom stereocenters. The smallest absolute Gasteiger partial charge is 0.376 e. The molecule has 51 heavy (non-hydrogen) atoms. The third kappa shape index (κ3) is 9.51. The van der Waals surface area contributed by atoms with Gasteiger partial charge in [-0.1, -0.05) is 36.4 Å². The first-order chi connectivity index (χ1) is 24.7. The van der Waals surface area contributed by atoms with Crippen molar-refractivity contribution in [2.24, 2.45) is 7.05 Å². The lowest BCUT2D eigenvalue weighted by molar-refractivity contribution is -0.136. The molecule has 272 valence electrons. The van der Waals surface area contributed by atoms with Crippen LogP contribution in [-0.2, 0) is 53.6 Å². The first kappa shape index (κ1) is 36.5. The number of hydrogen-bond donors (Lipinski definition) is 1. The summed E-state index contributed by atoms with van der Waals surface area (Å²) in [5, 5.41) is 11.0. The Kier molecular flexibility index (Phi) is 12.0. The fourth-order valence-electron chi connectivity index (χ4n) is 6.26. The number of halogens is 3. The number of likely N-dealkylation sites (N-methyl/N-ethyl adjacent to an activating group) is 1. The van der Waals surface area contributed by atoms with Gasteiger partial charge in [-0.05, 0) is 60.3 Å². The summed E-state index contributed by atoms with van der Waals surface area (Å²) in [5.74, 6) is 0.728. The van der Waals surface area contributed by atoms with E-state index in [-0.39, 0.29) is 11.6 Å². The predicted molar refractivity (Wildman–Crippen MR) is 186 cm³/mol. The normalized spacial score (nSPS) is 14.5.